The van der Waals surface area contributed by atoms with Crippen LogP contribution in [0.5, 0.6) is 0 Å². The number of hydrogen-bond donors (Lipinski definition) is 2. The van der Waals surface area contributed by atoms with E-state index in [1.54, 1.807) is 0 Å². The van der Waals surface area contributed by atoms with Crippen molar-refractivity contribution in [3.63, 3.8) is 0 Å². The zero-order chi connectivity index (χ0) is 13.1. The molecular weight excluding hydrogens is 246 g/mol. The first kappa shape index (κ1) is 13.7. The van der Waals surface area contributed by atoms with Gasteiger partial charge in [-0.3, -0.25) is 9.69 Å². The van der Waals surface area contributed by atoms with Crippen molar-refractivity contribution in [3.05, 3.63) is 0 Å². The van der Waals surface area contributed by atoms with Crippen LogP contribution in [-0.4, -0.2) is 41.5 Å². The number of hydrogen-bond acceptors (Lipinski definition) is 3. The fourth-order valence-electron chi connectivity index (χ4n) is 2.60. The summed E-state index contributed by atoms with van der Waals surface area (Å²) in [5.74, 6) is 1.07. The van der Waals surface area contributed by atoms with Crippen molar-refractivity contribution in [1.82, 2.24) is 10.2 Å². The van der Waals surface area contributed by atoms with Gasteiger partial charge < -0.3 is 11.1 Å². The SMILES string of the molecule is CC(C(=O)NC1CCN(CC(N)=S)CC1)C1CC1. The van der Waals surface area contributed by atoms with E-state index in [4.69, 9.17) is 18.0 Å². The highest BCUT2D eigenvalue weighted by Crippen LogP contribution is 2.36. The smallest absolute Gasteiger partial charge is 0.223 e. The van der Waals surface area contributed by atoms with Gasteiger partial charge in [0.05, 0.1) is 4.99 Å². The number of nitrogens with two attached hydrogens (primary N) is 1. The number of amides is 1. The van der Waals surface area contributed by atoms with Crippen LogP contribution in [0, 0.1) is 11.8 Å². The molecule has 2 rings (SSSR count). The Labute approximate surface area is 114 Å². The number of rotatable bonds is 5. The molecular formula is C13H23N3OS. The fourth-order valence-corrected chi connectivity index (χ4v) is 2.78. The molecule has 0 bridgehead atoms. The lowest BCUT2D eigenvalue weighted by atomic mass is 10.0. The summed E-state index contributed by atoms with van der Waals surface area (Å²) in [6.45, 7) is 4.70. The molecule has 102 valence electrons. The Bertz CT molecular complexity index is 322. The first-order valence-corrected chi connectivity index (χ1v) is 7.28. The minimum atomic E-state index is 0.194. The summed E-state index contributed by atoms with van der Waals surface area (Å²) in [7, 11) is 0. The number of piperidine rings is 1. The molecule has 3 N–H and O–H groups in total. The average molecular weight is 269 g/mol. The second-order valence-corrected chi connectivity index (χ2v) is 6.18. The number of likely N-dealkylation sites (tertiary alicyclic amines) is 1. The first-order chi connectivity index (χ1) is 8.56. The van der Waals surface area contributed by atoms with Crippen LogP contribution in [0.1, 0.15) is 32.6 Å². The van der Waals surface area contributed by atoms with Crippen molar-refractivity contribution in [2.75, 3.05) is 19.6 Å². The summed E-state index contributed by atoms with van der Waals surface area (Å²) >= 11 is 4.91. The molecule has 0 aromatic rings. The molecule has 2 aliphatic rings. The summed E-state index contributed by atoms with van der Waals surface area (Å²) in [6, 6.07) is 0.335. The van der Waals surface area contributed by atoms with Gasteiger partial charge in [-0.1, -0.05) is 19.1 Å². The quantitative estimate of drug-likeness (QED) is 0.728. The van der Waals surface area contributed by atoms with E-state index in [-0.39, 0.29) is 11.8 Å². The van der Waals surface area contributed by atoms with Gasteiger partial charge in [-0.2, -0.15) is 0 Å². The lowest BCUT2D eigenvalue weighted by molar-refractivity contribution is -0.126. The normalized spacial score (nSPS) is 23.6. The van der Waals surface area contributed by atoms with Crippen LogP contribution < -0.4 is 11.1 Å². The topological polar surface area (TPSA) is 58.4 Å². The zero-order valence-corrected chi connectivity index (χ0v) is 11.8. The molecule has 1 amide bonds. The van der Waals surface area contributed by atoms with Crippen molar-refractivity contribution in [2.24, 2.45) is 17.6 Å². The van der Waals surface area contributed by atoms with E-state index in [0.717, 1.165) is 25.9 Å². The van der Waals surface area contributed by atoms with E-state index in [9.17, 15) is 4.79 Å². The van der Waals surface area contributed by atoms with Gasteiger partial charge in [-0.05, 0) is 31.6 Å². The lowest BCUT2D eigenvalue weighted by Gasteiger charge is -2.32. The second kappa shape index (κ2) is 5.97. The minimum absolute atomic E-state index is 0.194. The van der Waals surface area contributed by atoms with Crippen molar-refractivity contribution in [2.45, 2.75) is 38.6 Å². The van der Waals surface area contributed by atoms with Gasteiger partial charge in [0.2, 0.25) is 5.91 Å². The van der Waals surface area contributed by atoms with Gasteiger partial charge in [-0.25, -0.2) is 0 Å². The maximum Gasteiger partial charge on any atom is 0.223 e. The Morgan fingerprint density at radius 3 is 2.50 bits per heavy atom. The maximum atomic E-state index is 12.0. The molecule has 0 radical (unpaired) electrons. The van der Waals surface area contributed by atoms with E-state index < -0.39 is 0 Å². The molecule has 1 heterocycles. The molecule has 18 heavy (non-hydrogen) atoms. The van der Waals surface area contributed by atoms with Gasteiger partial charge in [0.15, 0.2) is 0 Å². The number of carbonyl (C=O) groups is 1. The predicted molar refractivity (Wildman–Crippen MR) is 76.3 cm³/mol. The van der Waals surface area contributed by atoms with Gasteiger partial charge in [0.25, 0.3) is 0 Å². The Morgan fingerprint density at radius 1 is 1.39 bits per heavy atom. The lowest BCUT2D eigenvalue weighted by Crippen LogP contribution is -2.47. The highest BCUT2D eigenvalue weighted by atomic mass is 32.1. The van der Waals surface area contributed by atoms with Crippen LogP contribution >= 0.6 is 12.2 Å². The number of nitrogens with zero attached hydrogens (tertiary/aromatic N) is 1. The zero-order valence-electron chi connectivity index (χ0n) is 11.0. The Balaban J connectivity index is 1.69. The van der Waals surface area contributed by atoms with E-state index >= 15 is 0 Å². The van der Waals surface area contributed by atoms with Crippen LogP contribution in [0.2, 0.25) is 0 Å². The average Bonchev–Trinajstić information content (AvgIpc) is 3.14. The summed E-state index contributed by atoms with van der Waals surface area (Å²) < 4.78 is 0. The van der Waals surface area contributed by atoms with Crippen molar-refractivity contribution in [3.8, 4) is 0 Å². The van der Waals surface area contributed by atoms with Crippen molar-refractivity contribution >= 4 is 23.1 Å². The van der Waals surface area contributed by atoms with Gasteiger partial charge in [0.1, 0.15) is 0 Å². The Morgan fingerprint density at radius 2 is 2.00 bits per heavy atom. The molecule has 0 spiro atoms. The molecule has 0 aromatic carbocycles. The van der Waals surface area contributed by atoms with Crippen LogP contribution in [0.25, 0.3) is 0 Å². The van der Waals surface area contributed by atoms with E-state index in [0.29, 0.717) is 23.5 Å². The summed E-state index contributed by atoms with van der Waals surface area (Å²) in [5, 5.41) is 3.18. The maximum absolute atomic E-state index is 12.0. The standard InChI is InChI=1S/C13H23N3OS/c1-9(10-2-3-10)13(17)15-11-4-6-16(7-5-11)8-12(14)18/h9-11H,2-8H2,1H3,(H2,14,18)(H,15,17). The van der Waals surface area contributed by atoms with Crippen LogP contribution in [0.15, 0.2) is 0 Å². The van der Waals surface area contributed by atoms with Crippen LogP contribution in [0.4, 0.5) is 0 Å². The van der Waals surface area contributed by atoms with Crippen molar-refractivity contribution < 1.29 is 4.79 Å². The molecule has 1 aliphatic heterocycles. The monoisotopic (exact) mass is 269 g/mol. The molecule has 1 aliphatic carbocycles. The van der Waals surface area contributed by atoms with E-state index in [1.165, 1.54) is 12.8 Å². The fraction of sp³-hybridized carbons (Fsp3) is 0.846. The highest BCUT2D eigenvalue weighted by Gasteiger charge is 2.33. The summed E-state index contributed by atoms with van der Waals surface area (Å²) in [6.07, 6.45) is 4.46. The first-order valence-electron chi connectivity index (χ1n) is 6.87. The molecule has 5 heteroatoms. The molecule has 4 nitrogen and oxygen atoms in total. The number of carbonyl (C=O) groups excluding carboxylic acids is 1. The van der Waals surface area contributed by atoms with Crippen LogP contribution in [0.3, 0.4) is 0 Å². The van der Waals surface area contributed by atoms with Crippen molar-refractivity contribution in [1.29, 1.82) is 0 Å². The third-order valence-corrected chi connectivity index (χ3v) is 4.19. The molecule has 1 saturated carbocycles. The number of nitrogens with one attached hydrogen (secondary N) is 1. The Kier molecular flexibility index (Phi) is 4.56. The third-order valence-electron chi connectivity index (χ3n) is 4.06. The largest absolute Gasteiger partial charge is 0.392 e. The third kappa shape index (κ3) is 3.92. The molecule has 1 atom stereocenters. The summed E-state index contributed by atoms with van der Waals surface area (Å²) in [4.78, 5) is 14.8. The molecule has 2 fully saturated rings. The molecule has 1 unspecified atom stereocenters. The summed E-state index contributed by atoms with van der Waals surface area (Å²) in [5.41, 5.74) is 5.54. The molecule has 1 saturated heterocycles. The molecule has 0 aromatic heterocycles. The van der Waals surface area contributed by atoms with E-state index in [2.05, 4.69) is 17.1 Å². The Hall–Kier alpha value is -0.680. The van der Waals surface area contributed by atoms with Gasteiger partial charge in [-0.15, -0.1) is 0 Å². The van der Waals surface area contributed by atoms with Gasteiger partial charge in [0, 0.05) is 31.6 Å². The highest BCUT2D eigenvalue weighted by molar-refractivity contribution is 7.80. The number of thiocarbonyl (C=S) groups is 1. The van der Waals surface area contributed by atoms with E-state index in [1.807, 2.05) is 0 Å². The second-order valence-electron chi connectivity index (χ2n) is 5.65. The minimum Gasteiger partial charge on any atom is -0.392 e. The van der Waals surface area contributed by atoms with Crippen LogP contribution in [-0.2, 0) is 4.79 Å². The predicted octanol–water partition coefficient (Wildman–Crippen LogP) is 0.899. The van der Waals surface area contributed by atoms with Gasteiger partial charge >= 0.3 is 0 Å².